The van der Waals surface area contributed by atoms with E-state index in [2.05, 4.69) is 10.2 Å². The van der Waals surface area contributed by atoms with Gasteiger partial charge in [0, 0.05) is 20.0 Å². The molecule has 15 heavy (non-hydrogen) atoms. The number of hydrogen-bond donors (Lipinski definition) is 0. The molecule has 0 unspecified atom stereocenters. The predicted molar refractivity (Wildman–Crippen MR) is 55.5 cm³/mol. The highest BCUT2D eigenvalue weighted by Crippen LogP contribution is 2.05. The normalized spacial score (nSPS) is 10.3. The Labute approximate surface area is 89.5 Å². The third kappa shape index (κ3) is 3.04. The highest BCUT2D eigenvalue weighted by Gasteiger charge is 2.19. The largest absolute Gasteiger partial charge is 0.417 e. The summed E-state index contributed by atoms with van der Waals surface area (Å²) < 4.78 is 5.11. The van der Waals surface area contributed by atoms with Gasteiger partial charge in [-0.15, -0.1) is 10.2 Å². The quantitative estimate of drug-likeness (QED) is 0.742. The van der Waals surface area contributed by atoms with Gasteiger partial charge < -0.3 is 9.32 Å². The fourth-order valence-corrected chi connectivity index (χ4v) is 1.37. The van der Waals surface area contributed by atoms with Crippen molar-refractivity contribution in [1.82, 2.24) is 15.1 Å². The summed E-state index contributed by atoms with van der Waals surface area (Å²) in [5, 5.41) is 7.37. The van der Waals surface area contributed by atoms with Gasteiger partial charge in [-0.1, -0.05) is 13.8 Å². The average Bonchev–Trinajstić information content (AvgIpc) is 2.63. The molecular formula is C10H17N3O2. The molecule has 0 radical (unpaired) electrons. The summed E-state index contributed by atoms with van der Waals surface area (Å²) in [4.78, 5) is 13.6. The van der Waals surface area contributed by atoms with E-state index in [0.717, 1.165) is 25.9 Å². The minimum absolute atomic E-state index is 0.0920. The fraction of sp³-hybridized carbons (Fsp3) is 0.700. The zero-order chi connectivity index (χ0) is 11.3. The molecule has 0 atom stereocenters. The van der Waals surface area contributed by atoms with E-state index in [4.69, 9.17) is 4.42 Å². The van der Waals surface area contributed by atoms with E-state index in [-0.39, 0.29) is 11.8 Å². The summed E-state index contributed by atoms with van der Waals surface area (Å²) in [5.41, 5.74) is 0. The van der Waals surface area contributed by atoms with Crippen LogP contribution in [-0.2, 0) is 0 Å². The Morgan fingerprint density at radius 2 is 1.87 bits per heavy atom. The first-order valence-corrected chi connectivity index (χ1v) is 5.28. The molecule has 0 aliphatic heterocycles. The smallest absolute Gasteiger partial charge is 0.311 e. The van der Waals surface area contributed by atoms with Crippen LogP contribution in [-0.4, -0.2) is 34.1 Å². The molecule has 0 spiro atoms. The average molecular weight is 211 g/mol. The third-order valence-corrected chi connectivity index (χ3v) is 1.98. The van der Waals surface area contributed by atoms with Crippen molar-refractivity contribution >= 4 is 5.91 Å². The number of rotatable bonds is 5. The lowest BCUT2D eigenvalue weighted by Gasteiger charge is -2.18. The monoisotopic (exact) mass is 211 g/mol. The number of carbonyl (C=O) groups is 1. The SMILES string of the molecule is CCCN(CCC)C(=O)c1nnc(C)o1. The molecule has 1 rings (SSSR count). The van der Waals surface area contributed by atoms with Crippen molar-refractivity contribution in [2.24, 2.45) is 0 Å². The van der Waals surface area contributed by atoms with E-state index in [0.29, 0.717) is 5.89 Å². The first-order chi connectivity index (χ1) is 7.19. The van der Waals surface area contributed by atoms with Gasteiger partial charge in [0.2, 0.25) is 5.89 Å². The van der Waals surface area contributed by atoms with Crippen molar-refractivity contribution in [3.8, 4) is 0 Å². The number of amides is 1. The molecule has 0 aliphatic carbocycles. The molecule has 1 amide bonds. The highest BCUT2D eigenvalue weighted by molar-refractivity contribution is 5.89. The van der Waals surface area contributed by atoms with Gasteiger partial charge in [0.1, 0.15) is 0 Å². The second kappa shape index (κ2) is 5.48. The number of carbonyl (C=O) groups excluding carboxylic acids is 1. The summed E-state index contributed by atoms with van der Waals surface area (Å²) in [7, 11) is 0. The van der Waals surface area contributed by atoms with E-state index >= 15 is 0 Å². The topological polar surface area (TPSA) is 59.2 Å². The molecule has 1 heterocycles. The molecule has 0 N–H and O–H groups in total. The van der Waals surface area contributed by atoms with Gasteiger partial charge in [-0.25, -0.2) is 0 Å². The predicted octanol–water partition coefficient (Wildman–Crippen LogP) is 1.64. The van der Waals surface area contributed by atoms with Gasteiger partial charge in [-0.3, -0.25) is 4.79 Å². The standard InChI is InChI=1S/C10H17N3O2/c1-4-6-13(7-5-2)10(14)9-12-11-8(3)15-9/h4-7H2,1-3H3. The van der Waals surface area contributed by atoms with Crippen LogP contribution in [0.25, 0.3) is 0 Å². The Morgan fingerprint density at radius 3 is 2.27 bits per heavy atom. The maximum absolute atomic E-state index is 11.9. The van der Waals surface area contributed by atoms with Gasteiger partial charge in [0.25, 0.3) is 0 Å². The van der Waals surface area contributed by atoms with Crippen LogP contribution in [0, 0.1) is 6.92 Å². The van der Waals surface area contributed by atoms with Crippen LogP contribution >= 0.6 is 0 Å². The van der Waals surface area contributed by atoms with Crippen molar-refractivity contribution in [2.75, 3.05) is 13.1 Å². The summed E-state index contributed by atoms with van der Waals surface area (Å²) in [5.74, 6) is 0.347. The molecule has 1 aromatic rings. The maximum Gasteiger partial charge on any atom is 0.311 e. The highest BCUT2D eigenvalue weighted by atomic mass is 16.4. The molecule has 0 bridgehead atoms. The van der Waals surface area contributed by atoms with Crippen LogP contribution in [0.1, 0.15) is 43.3 Å². The van der Waals surface area contributed by atoms with Crippen LogP contribution in [0.5, 0.6) is 0 Å². The minimum Gasteiger partial charge on any atom is -0.417 e. The molecular weight excluding hydrogens is 194 g/mol. The molecule has 0 saturated carbocycles. The number of aryl methyl sites for hydroxylation is 1. The molecule has 0 saturated heterocycles. The number of aromatic nitrogens is 2. The van der Waals surface area contributed by atoms with Crippen molar-refractivity contribution in [3.63, 3.8) is 0 Å². The molecule has 5 heteroatoms. The van der Waals surface area contributed by atoms with Gasteiger partial charge in [0.05, 0.1) is 0 Å². The van der Waals surface area contributed by atoms with E-state index in [1.807, 2.05) is 13.8 Å². The zero-order valence-corrected chi connectivity index (χ0v) is 9.49. The summed E-state index contributed by atoms with van der Waals surface area (Å²) >= 11 is 0. The molecule has 1 aromatic heterocycles. The zero-order valence-electron chi connectivity index (χ0n) is 9.49. The first kappa shape index (κ1) is 11.7. The van der Waals surface area contributed by atoms with Gasteiger partial charge in [-0.2, -0.15) is 0 Å². The van der Waals surface area contributed by atoms with E-state index < -0.39 is 0 Å². The van der Waals surface area contributed by atoms with Gasteiger partial charge in [0.15, 0.2) is 0 Å². The first-order valence-electron chi connectivity index (χ1n) is 5.28. The molecule has 0 aliphatic rings. The van der Waals surface area contributed by atoms with Gasteiger partial charge in [-0.05, 0) is 12.8 Å². The Morgan fingerprint density at radius 1 is 1.27 bits per heavy atom. The summed E-state index contributed by atoms with van der Waals surface area (Å²) in [6.45, 7) is 7.21. The summed E-state index contributed by atoms with van der Waals surface area (Å²) in [6.07, 6.45) is 1.86. The molecule has 0 fully saturated rings. The number of hydrogen-bond acceptors (Lipinski definition) is 4. The van der Waals surface area contributed by atoms with E-state index in [1.54, 1.807) is 11.8 Å². The van der Waals surface area contributed by atoms with Crippen LogP contribution in [0.4, 0.5) is 0 Å². The van der Waals surface area contributed by atoms with Crippen molar-refractivity contribution in [2.45, 2.75) is 33.6 Å². The molecule has 0 aromatic carbocycles. The fourth-order valence-electron chi connectivity index (χ4n) is 1.37. The van der Waals surface area contributed by atoms with Crippen LogP contribution in [0.15, 0.2) is 4.42 Å². The maximum atomic E-state index is 11.9. The lowest BCUT2D eigenvalue weighted by Crippen LogP contribution is -2.32. The molecule has 84 valence electrons. The lowest BCUT2D eigenvalue weighted by atomic mass is 10.3. The van der Waals surface area contributed by atoms with Crippen molar-refractivity contribution in [1.29, 1.82) is 0 Å². The van der Waals surface area contributed by atoms with E-state index in [9.17, 15) is 4.79 Å². The van der Waals surface area contributed by atoms with Gasteiger partial charge >= 0.3 is 11.8 Å². The second-order valence-electron chi connectivity index (χ2n) is 3.42. The third-order valence-electron chi connectivity index (χ3n) is 1.98. The minimum atomic E-state index is -0.167. The summed E-state index contributed by atoms with van der Waals surface area (Å²) in [6, 6.07) is 0. The number of nitrogens with zero attached hydrogens (tertiary/aromatic N) is 3. The Kier molecular flexibility index (Phi) is 4.27. The Hall–Kier alpha value is -1.39. The van der Waals surface area contributed by atoms with Crippen LogP contribution in [0.2, 0.25) is 0 Å². The Bertz CT molecular complexity index is 316. The van der Waals surface area contributed by atoms with Crippen molar-refractivity contribution in [3.05, 3.63) is 11.8 Å². The lowest BCUT2D eigenvalue weighted by molar-refractivity contribution is 0.0714. The van der Waals surface area contributed by atoms with E-state index in [1.165, 1.54) is 0 Å². The second-order valence-corrected chi connectivity index (χ2v) is 3.42. The van der Waals surface area contributed by atoms with Crippen molar-refractivity contribution < 1.29 is 9.21 Å². The van der Waals surface area contributed by atoms with Crippen LogP contribution in [0.3, 0.4) is 0 Å². The molecule has 5 nitrogen and oxygen atoms in total. The van der Waals surface area contributed by atoms with Crippen LogP contribution < -0.4 is 0 Å². The Balaban J connectivity index is 2.71.